The third-order valence-corrected chi connectivity index (χ3v) is 4.86. The summed E-state index contributed by atoms with van der Waals surface area (Å²) in [6, 6.07) is 0. The van der Waals surface area contributed by atoms with Crippen molar-refractivity contribution in [1.29, 1.82) is 0 Å². The maximum absolute atomic E-state index is 12.0. The molecule has 0 aromatic carbocycles. The number of esters is 1. The molecule has 19 heavy (non-hydrogen) atoms. The molecule has 0 radical (unpaired) electrons. The predicted octanol–water partition coefficient (Wildman–Crippen LogP) is 3.28. The first kappa shape index (κ1) is 14.8. The van der Waals surface area contributed by atoms with Crippen LogP contribution in [0.3, 0.4) is 0 Å². The summed E-state index contributed by atoms with van der Waals surface area (Å²) in [6.07, 6.45) is 10.3. The maximum Gasteiger partial charge on any atom is 0.306 e. The van der Waals surface area contributed by atoms with E-state index < -0.39 is 0 Å². The molecule has 2 aliphatic rings. The van der Waals surface area contributed by atoms with Gasteiger partial charge in [0.1, 0.15) is 6.10 Å². The lowest BCUT2D eigenvalue weighted by Crippen LogP contribution is -2.30. The van der Waals surface area contributed by atoms with E-state index in [2.05, 4.69) is 12.2 Å². The van der Waals surface area contributed by atoms with Crippen molar-refractivity contribution in [3.8, 4) is 0 Å². The van der Waals surface area contributed by atoms with Crippen molar-refractivity contribution in [3.05, 3.63) is 0 Å². The SMILES string of the molecule is CCC1CCCCC1OC(=O)CCC1CCNCC1. The van der Waals surface area contributed by atoms with Crippen LogP contribution in [0, 0.1) is 11.8 Å². The Morgan fingerprint density at radius 3 is 2.63 bits per heavy atom. The van der Waals surface area contributed by atoms with Crippen molar-refractivity contribution < 1.29 is 9.53 Å². The van der Waals surface area contributed by atoms with E-state index in [-0.39, 0.29) is 12.1 Å². The van der Waals surface area contributed by atoms with E-state index in [1.165, 1.54) is 32.1 Å². The highest BCUT2D eigenvalue weighted by Crippen LogP contribution is 2.29. The van der Waals surface area contributed by atoms with Crippen LogP contribution in [0.4, 0.5) is 0 Å². The standard InChI is InChI=1S/C16H29NO2/c1-2-14-5-3-4-6-15(14)19-16(18)8-7-13-9-11-17-12-10-13/h13-15,17H,2-12H2,1H3. The summed E-state index contributed by atoms with van der Waals surface area (Å²) in [5, 5.41) is 3.37. The van der Waals surface area contributed by atoms with Gasteiger partial charge < -0.3 is 10.1 Å². The van der Waals surface area contributed by atoms with Crippen molar-refractivity contribution in [3.63, 3.8) is 0 Å². The number of rotatable bonds is 5. The van der Waals surface area contributed by atoms with Gasteiger partial charge in [-0.3, -0.25) is 4.79 Å². The second-order valence-electron chi connectivity index (χ2n) is 6.21. The number of carbonyl (C=O) groups excluding carboxylic acids is 1. The van der Waals surface area contributed by atoms with Crippen LogP contribution in [-0.2, 0) is 9.53 Å². The molecule has 1 saturated heterocycles. The van der Waals surface area contributed by atoms with Gasteiger partial charge in [-0.2, -0.15) is 0 Å². The lowest BCUT2D eigenvalue weighted by Gasteiger charge is -2.30. The Labute approximate surface area is 117 Å². The predicted molar refractivity (Wildman–Crippen MR) is 77.0 cm³/mol. The van der Waals surface area contributed by atoms with Crippen LogP contribution in [-0.4, -0.2) is 25.2 Å². The van der Waals surface area contributed by atoms with Crippen LogP contribution in [0.15, 0.2) is 0 Å². The van der Waals surface area contributed by atoms with Gasteiger partial charge >= 0.3 is 5.97 Å². The molecule has 0 bridgehead atoms. The van der Waals surface area contributed by atoms with Crippen LogP contribution in [0.25, 0.3) is 0 Å². The minimum atomic E-state index is 0.0453. The van der Waals surface area contributed by atoms with Gasteiger partial charge in [-0.15, -0.1) is 0 Å². The highest BCUT2D eigenvalue weighted by Gasteiger charge is 2.27. The van der Waals surface area contributed by atoms with Gasteiger partial charge in [0.05, 0.1) is 0 Å². The molecule has 0 aromatic rings. The number of hydrogen-bond donors (Lipinski definition) is 1. The summed E-state index contributed by atoms with van der Waals surface area (Å²) in [7, 11) is 0. The van der Waals surface area contributed by atoms with Crippen molar-refractivity contribution in [2.75, 3.05) is 13.1 Å². The Morgan fingerprint density at radius 1 is 1.16 bits per heavy atom. The molecule has 2 unspecified atom stereocenters. The minimum absolute atomic E-state index is 0.0453. The maximum atomic E-state index is 12.0. The van der Waals surface area contributed by atoms with Crippen LogP contribution in [0.2, 0.25) is 0 Å². The molecule has 1 saturated carbocycles. The van der Waals surface area contributed by atoms with Gasteiger partial charge in [-0.05, 0) is 69.9 Å². The average Bonchev–Trinajstić information content (AvgIpc) is 2.47. The summed E-state index contributed by atoms with van der Waals surface area (Å²) < 4.78 is 5.73. The molecule has 2 rings (SSSR count). The zero-order valence-corrected chi connectivity index (χ0v) is 12.3. The van der Waals surface area contributed by atoms with Crippen molar-refractivity contribution >= 4 is 5.97 Å². The Balaban J connectivity index is 1.67. The van der Waals surface area contributed by atoms with E-state index in [4.69, 9.17) is 4.74 Å². The summed E-state index contributed by atoms with van der Waals surface area (Å²) in [6.45, 7) is 4.44. The second-order valence-corrected chi connectivity index (χ2v) is 6.21. The normalized spacial score (nSPS) is 29.1. The molecule has 0 aromatic heterocycles. The highest BCUT2D eigenvalue weighted by molar-refractivity contribution is 5.69. The number of piperidine rings is 1. The van der Waals surface area contributed by atoms with E-state index in [1.54, 1.807) is 0 Å². The Hall–Kier alpha value is -0.570. The smallest absolute Gasteiger partial charge is 0.306 e. The Kier molecular flexibility index (Phi) is 6.15. The summed E-state index contributed by atoms with van der Waals surface area (Å²) in [5.41, 5.74) is 0. The van der Waals surface area contributed by atoms with Crippen molar-refractivity contribution in [2.45, 2.75) is 70.8 Å². The van der Waals surface area contributed by atoms with Gasteiger partial charge in [-0.1, -0.05) is 13.3 Å². The molecule has 1 aliphatic carbocycles. The zero-order valence-electron chi connectivity index (χ0n) is 12.3. The monoisotopic (exact) mass is 267 g/mol. The molecule has 3 heteroatoms. The van der Waals surface area contributed by atoms with Gasteiger partial charge in [-0.25, -0.2) is 0 Å². The zero-order chi connectivity index (χ0) is 13.5. The van der Waals surface area contributed by atoms with E-state index in [0.717, 1.165) is 38.3 Å². The quantitative estimate of drug-likeness (QED) is 0.777. The first-order valence-corrected chi connectivity index (χ1v) is 8.19. The van der Waals surface area contributed by atoms with Crippen LogP contribution in [0.5, 0.6) is 0 Å². The minimum Gasteiger partial charge on any atom is -0.462 e. The topological polar surface area (TPSA) is 38.3 Å². The fourth-order valence-electron chi connectivity index (χ4n) is 3.52. The number of carbonyl (C=O) groups is 1. The molecule has 0 amide bonds. The first-order chi connectivity index (χ1) is 9.29. The highest BCUT2D eigenvalue weighted by atomic mass is 16.5. The van der Waals surface area contributed by atoms with E-state index in [1.807, 2.05) is 0 Å². The molecule has 1 N–H and O–H groups in total. The molecule has 2 fully saturated rings. The van der Waals surface area contributed by atoms with Crippen molar-refractivity contribution in [1.82, 2.24) is 5.32 Å². The van der Waals surface area contributed by atoms with Crippen LogP contribution >= 0.6 is 0 Å². The molecular formula is C16H29NO2. The lowest BCUT2D eigenvalue weighted by molar-refractivity contribution is -0.154. The number of hydrogen-bond acceptors (Lipinski definition) is 3. The third kappa shape index (κ3) is 4.79. The molecule has 2 atom stereocenters. The van der Waals surface area contributed by atoms with E-state index in [9.17, 15) is 4.79 Å². The number of nitrogens with one attached hydrogen (secondary N) is 1. The van der Waals surface area contributed by atoms with Crippen molar-refractivity contribution in [2.24, 2.45) is 11.8 Å². The van der Waals surface area contributed by atoms with Crippen LogP contribution in [0.1, 0.15) is 64.7 Å². The molecule has 0 spiro atoms. The Bertz CT molecular complexity index is 274. The fourth-order valence-corrected chi connectivity index (χ4v) is 3.52. The van der Waals surface area contributed by atoms with Crippen LogP contribution < -0.4 is 5.32 Å². The third-order valence-electron chi connectivity index (χ3n) is 4.86. The van der Waals surface area contributed by atoms with Gasteiger partial charge in [0.25, 0.3) is 0 Å². The Morgan fingerprint density at radius 2 is 1.89 bits per heavy atom. The summed E-state index contributed by atoms with van der Waals surface area (Å²) in [4.78, 5) is 12.0. The molecule has 1 aliphatic heterocycles. The van der Waals surface area contributed by atoms with Gasteiger partial charge in [0.15, 0.2) is 0 Å². The van der Waals surface area contributed by atoms with Gasteiger partial charge in [0.2, 0.25) is 0 Å². The molecule has 110 valence electrons. The largest absolute Gasteiger partial charge is 0.462 e. The molecule has 3 nitrogen and oxygen atoms in total. The van der Waals surface area contributed by atoms with Gasteiger partial charge in [0, 0.05) is 6.42 Å². The van der Waals surface area contributed by atoms with E-state index in [0.29, 0.717) is 12.3 Å². The summed E-state index contributed by atoms with van der Waals surface area (Å²) >= 11 is 0. The summed E-state index contributed by atoms with van der Waals surface area (Å²) in [5.74, 6) is 1.38. The fraction of sp³-hybridized carbons (Fsp3) is 0.938. The first-order valence-electron chi connectivity index (χ1n) is 8.19. The molecule has 1 heterocycles. The molecular weight excluding hydrogens is 238 g/mol. The average molecular weight is 267 g/mol. The lowest BCUT2D eigenvalue weighted by atomic mass is 9.84. The number of ether oxygens (including phenoxy) is 1. The second kappa shape index (κ2) is 7.88. The van der Waals surface area contributed by atoms with E-state index >= 15 is 0 Å².